The maximum Gasteiger partial charge on any atom is 0.251 e. The highest BCUT2D eigenvalue weighted by Gasteiger charge is 2.07. The van der Waals surface area contributed by atoms with Crippen molar-refractivity contribution < 1.29 is 4.79 Å². The van der Waals surface area contributed by atoms with Crippen LogP contribution in [-0.4, -0.2) is 17.4 Å². The van der Waals surface area contributed by atoms with Crippen LogP contribution in [0.1, 0.15) is 36.5 Å². The molecule has 5 heteroatoms. The summed E-state index contributed by atoms with van der Waals surface area (Å²) in [6, 6.07) is 5.47. The highest BCUT2D eigenvalue weighted by molar-refractivity contribution is 7.22. The molecule has 0 aliphatic rings. The Morgan fingerprint density at radius 3 is 3.06 bits per heavy atom. The van der Waals surface area contributed by atoms with E-state index in [1.165, 1.54) is 11.3 Å². The second-order valence-corrected chi connectivity index (χ2v) is 5.26. The molecule has 4 nitrogen and oxygen atoms in total. The van der Waals surface area contributed by atoms with Crippen LogP contribution in [0.4, 0.5) is 5.13 Å². The predicted molar refractivity (Wildman–Crippen MR) is 75.9 cm³/mol. The smallest absolute Gasteiger partial charge is 0.251 e. The monoisotopic (exact) mass is 263 g/mol. The van der Waals surface area contributed by atoms with Gasteiger partial charge in [0.05, 0.1) is 10.2 Å². The maximum atomic E-state index is 11.9. The zero-order chi connectivity index (χ0) is 13.0. The number of unbranched alkanes of at least 4 members (excludes halogenated alkanes) is 2. The third-order valence-electron chi connectivity index (χ3n) is 2.73. The molecule has 0 aliphatic heterocycles. The van der Waals surface area contributed by atoms with Crippen LogP contribution < -0.4 is 11.1 Å². The van der Waals surface area contributed by atoms with Crippen molar-refractivity contribution in [1.29, 1.82) is 0 Å². The fourth-order valence-electron chi connectivity index (χ4n) is 1.76. The number of benzene rings is 1. The molecule has 0 bridgehead atoms. The molecular weight excluding hydrogens is 246 g/mol. The normalized spacial score (nSPS) is 10.7. The quantitative estimate of drug-likeness (QED) is 0.815. The Morgan fingerprint density at radius 1 is 1.44 bits per heavy atom. The highest BCUT2D eigenvalue weighted by Crippen LogP contribution is 2.24. The van der Waals surface area contributed by atoms with E-state index in [4.69, 9.17) is 5.73 Å². The van der Waals surface area contributed by atoms with Gasteiger partial charge in [-0.25, -0.2) is 4.98 Å². The summed E-state index contributed by atoms with van der Waals surface area (Å²) in [4.78, 5) is 16.1. The number of carbonyl (C=O) groups excluding carboxylic acids is 1. The number of nitrogens with one attached hydrogen (secondary N) is 1. The van der Waals surface area contributed by atoms with Crippen LogP contribution in [0, 0.1) is 0 Å². The van der Waals surface area contributed by atoms with Crippen molar-refractivity contribution in [2.75, 3.05) is 12.3 Å². The molecule has 0 atom stereocenters. The van der Waals surface area contributed by atoms with Gasteiger partial charge in [0.1, 0.15) is 0 Å². The SMILES string of the molecule is CCCCCNC(=O)c1ccc2nc(N)sc2c1. The standard InChI is InChI=1S/C13H17N3OS/c1-2-3-4-7-15-12(17)9-5-6-10-11(8-9)18-13(14)16-10/h5-6,8H,2-4,7H2,1H3,(H2,14,16)(H,15,17). The van der Waals surface area contributed by atoms with E-state index in [0.29, 0.717) is 10.7 Å². The summed E-state index contributed by atoms with van der Waals surface area (Å²) in [5.41, 5.74) is 7.15. The topological polar surface area (TPSA) is 68.0 Å². The number of thiazole rings is 1. The van der Waals surface area contributed by atoms with Crippen molar-refractivity contribution in [3.63, 3.8) is 0 Å². The minimum atomic E-state index is -0.0278. The Balaban J connectivity index is 2.03. The van der Waals surface area contributed by atoms with Gasteiger partial charge in [-0.05, 0) is 24.6 Å². The number of fused-ring (bicyclic) bond motifs is 1. The van der Waals surface area contributed by atoms with Gasteiger partial charge < -0.3 is 11.1 Å². The average molecular weight is 263 g/mol. The van der Waals surface area contributed by atoms with Crippen molar-refractivity contribution in [2.45, 2.75) is 26.2 Å². The molecule has 0 radical (unpaired) electrons. The van der Waals surface area contributed by atoms with Crippen LogP contribution in [0.15, 0.2) is 18.2 Å². The van der Waals surface area contributed by atoms with E-state index in [2.05, 4.69) is 17.2 Å². The molecule has 1 amide bonds. The van der Waals surface area contributed by atoms with E-state index >= 15 is 0 Å². The Morgan fingerprint density at radius 2 is 2.28 bits per heavy atom. The number of nitrogen functional groups attached to an aromatic ring is 1. The minimum Gasteiger partial charge on any atom is -0.375 e. The molecule has 0 spiro atoms. The van der Waals surface area contributed by atoms with Crippen LogP contribution >= 0.6 is 11.3 Å². The zero-order valence-electron chi connectivity index (χ0n) is 10.4. The van der Waals surface area contributed by atoms with Gasteiger partial charge in [0, 0.05) is 12.1 Å². The first-order valence-electron chi connectivity index (χ1n) is 6.15. The lowest BCUT2D eigenvalue weighted by atomic mass is 10.2. The number of anilines is 1. The molecule has 0 fully saturated rings. The molecule has 2 aromatic rings. The first-order chi connectivity index (χ1) is 8.70. The molecule has 3 N–H and O–H groups in total. The Bertz CT molecular complexity index is 550. The largest absolute Gasteiger partial charge is 0.375 e. The van der Waals surface area contributed by atoms with E-state index in [1.54, 1.807) is 6.07 Å². The number of carbonyl (C=O) groups is 1. The van der Waals surface area contributed by atoms with Crippen molar-refractivity contribution in [3.05, 3.63) is 23.8 Å². The van der Waals surface area contributed by atoms with E-state index in [-0.39, 0.29) is 5.91 Å². The van der Waals surface area contributed by atoms with Gasteiger partial charge in [-0.3, -0.25) is 4.79 Å². The second kappa shape index (κ2) is 5.82. The molecule has 96 valence electrons. The third-order valence-corrected chi connectivity index (χ3v) is 3.58. The van der Waals surface area contributed by atoms with Gasteiger partial charge in [0.2, 0.25) is 0 Å². The number of amides is 1. The molecule has 1 heterocycles. The highest BCUT2D eigenvalue weighted by atomic mass is 32.1. The Hall–Kier alpha value is -1.62. The average Bonchev–Trinajstić information content (AvgIpc) is 2.73. The molecule has 0 aliphatic carbocycles. The fourth-order valence-corrected chi connectivity index (χ4v) is 2.54. The van der Waals surface area contributed by atoms with Crippen LogP contribution in [0.5, 0.6) is 0 Å². The summed E-state index contributed by atoms with van der Waals surface area (Å²) in [7, 11) is 0. The molecule has 2 rings (SSSR count). The van der Waals surface area contributed by atoms with Gasteiger partial charge >= 0.3 is 0 Å². The van der Waals surface area contributed by atoms with E-state index in [1.807, 2.05) is 12.1 Å². The lowest BCUT2D eigenvalue weighted by Gasteiger charge is -2.04. The first kappa shape index (κ1) is 12.8. The molecule has 0 saturated heterocycles. The lowest BCUT2D eigenvalue weighted by Crippen LogP contribution is -2.24. The van der Waals surface area contributed by atoms with Gasteiger partial charge in [0.25, 0.3) is 5.91 Å². The van der Waals surface area contributed by atoms with Crippen molar-refractivity contribution in [3.8, 4) is 0 Å². The Labute approximate surface area is 110 Å². The van der Waals surface area contributed by atoms with E-state index < -0.39 is 0 Å². The van der Waals surface area contributed by atoms with Gasteiger partial charge in [-0.1, -0.05) is 31.1 Å². The summed E-state index contributed by atoms with van der Waals surface area (Å²) in [6.07, 6.45) is 3.32. The van der Waals surface area contributed by atoms with Crippen LogP contribution in [-0.2, 0) is 0 Å². The summed E-state index contributed by atoms with van der Waals surface area (Å²) < 4.78 is 0.953. The van der Waals surface area contributed by atoms with Gasteiger partial charge in [0.15, 0.2) is 5.13 Å². The molecule has 0 unspecified atom stereocenters. The van der Waals surface area contributed by atoms with Crippen molar-refractivity contribution in [2.24, 2.45) is 0 Å². The number of nitrogens with two attached hydrogens (primary N) is 1. The van der Waals surface area contributed by atoms with E-state index in [9.17, 15) is 4.79 Å². The molecule has 1 aromatic heterocycles. The summed E-state index contributed by atoms with van der Waals surface area (Å²) >= 11 is 1.40. The first-order valence-corrected chi connectivity index (χ1v) is 6.96. The minimum absolute atomic E-state index is 0.0278. The van der Waals surface area contributed by atoms with Crippen molar-refractivity contribution >= 4 is 32.6 Å². The summed E-state index contributed by atoms with van der Waals surface area (Å²) in [6.45, 7) is 2.87. The zero-order valence-corrected chi connectivity index (χ0v) is 11.2. The van der Waals surface area contributed by atoms with Crippen LogP contribution in [0.2, 0.25) is 0 Å². The summed E-state index contributed by atoms with van der Waals surface area (Å²) in [5.74, 6) is -0.0278. The maximum absolute atomic E-state index is 11.9. The number of aromatic nitrogens is 1. The molecule has 0 saturated carbocycles. The molecular formula is C13H17N3OS. The van der Waals surface area contributed by atoms with Crippen molar-refractivity contribution in [1.82, 2.24) is 10.3 Å². The Kier molecular flexibility index (Phi) is 4.15. The lowest BCUT2D eigenvalue weighted by molar-refractivity contribution is 0.0953. The van der Waals surface area contributed by atoms with Crippen LogP contribution in [0.25, 0.3) is 10.2 Å². The molecule has 1 aromatic carbocycles. The van der Waals surface area contributed by atoms with E-state index in [0.717, 1.165) is 36.0 Å². The predicted octanol–water partition coefficient (Wildman–Crippen LogP) is 2.80. The second-order valence-electron chi connectivity index (χ2n) is 4.20. The molecule has 18 heavy (non-hydrogen) atoms. The fraction of sp³-hybridized carbons (Fsp3) is 0.385. The number of hydrogen-bond acceptors (Lipinski definition) is 4. The van der Waals surface area contributed by atoms with Crippen LogP contribution in [0.3, 0.4) is 0 Å². The van der Waals surface area contributed by atoms with Gasteiger partial charge in [-0.15, -0.1) is 0 Å². The number of rotatable bonds is 5. The number of nitrogens with zero attached hydrogens (tertiary/aromatic N) is 1. The summed E-state index contributed by atoms with van der Waals surface area (Å²) in [5, 5.41) is 3.45. The number of hydrogen-bond donors (Lipinski definition) is 2. The third kappa shape index (κ3) is 2.98. The van der Waals surface area contributed by atoms with Gasteiger partial charge in [-0.2, -0.15) is 0 Å².